The van der Waals surface area contributed by atoms with Gasteiger partial charge in [0.1, 0.15) is 5.75 Å². The van der Waals surface area contributed by atoms with E-state index in [2.05, 4.69) is 97.0 Å². The lowest BCUT2D eigenvalue weighted by molar-refractivity contribution is 0.397. The minimum absolute atomic E-state index is 0.234. The van der Waals surface area contributed by atoms with Crippen LogP contribution in [0.25, 0.3) is 11.1 Å². The summed E-state index contributed by atoms with van der Waals surface area (Å²) >= 11 is 0. The molecule has 0 bridgehead atoms. The summed E-state index contributed by atoms with van der Waals surface area (Å²) in [6.07, 6.45) is 19.2. The lowest BCUT2D eigenvalue weighted by Gasteiger charge is -2.33. The highest BCUT2D eigenvalue weighted by Crippen LogP contribution is 2.54. The van der Waals surface area contributed by atoms with E-state index in [1.54, 1.807) is 18.2 Å². The minimum Gasteiger partial charge on any atom is -0.496 e. The van der Waals surface area contributed by atoms with Crippen molar-refractivity contribution in [3.05, 3.63) is 87.5 Å². The summed E-state index contributed by atoms with van der Waals surface area (Å²) in [6, 6.07) is 18.7. The number of hydrogen-bond acceptors (Lipinski definition) is 1. The van der Waals surface area contributed by atoms with Gasteiger partial charge in [-0.1, -0.05) is 144 Å². The van der Waals surface area contributed by atoms with E-state index in [1.165, 1.54) is 129 Å². The molecule has 4 rings (SSSR count). The number of hydrogen-bond donors (Lipinski definition) is 0. The van der Waals surface area contributed by atoms with Gasteiger partial charge in [0.15, 0.2) is 0 Å². The topological polar surface area (TPSA) is 9.23 Å². The Balaban J connectivity index is 0.000000369. The summed E-state index contributed by atoms with van der Waals surface area (Å²) in [4.78, 5) is 0. The standard InChI is InChI=1S/C31H46.C10H14O/c1-5-7-9-11-13-15-21-31(22-16-14-12-10-8-6-2)29-23-25(3)17-19-27(29)28-20-18-26(4)24-30(28)31;1-7-5-9(3)10(11-4)6-8(7)2/h17-20,23-24H,5-16,21-22H2,1-4H3;5-6H,1-4H3. The van der Waals surface area contributed by atoms with Gasteiger partial charge in [-0.15, -0.1) is 0 Å². The highest BCUT2D eigenvalue weighted by atomic mass is 16.5. The van der Waals surface area contributed by atoms with Gasteiger partial charge >= 0.3 is 0 Å². The Labute approximate surface area is 259 Å². The van der Waals surface area contributed by atoms with Gasteiger partial charge in [0.25, 0.3) is 0 Å². The van der Waals surface area contributed by atoms with Crippen LogP contribution in [0.15, 0.2) is 48.5 Å². The molecule has 1 nitrogen and oxygen atoms in total. The molecular formula is C41H60O. The predicted octanol–water partition coefficient (Wildman–Crippen LogP) is 12.7. The molecule has 1 aliphatic rings. The molecule has 0 saturated heterocycles. The maximum absolute atomic E-state index is 5.18. The van der Waals surface area contributed by atoms with Crippen LogP contribution >= 0.6 is 0 Å². The number of unbranched alkanes of at least 4 members (excludes halogenated alkanes) is 10. The van der Waals surface area contributed by atoms with Crippen molar-refractivity contribution in [1.82, 2.24) is 0 Å². The first-order valence-corrected chi connectivity index (χ1v) is 17.1. The largest absolute Gasteiger partial charge is 0.496 e. The van der Waals surface area contributed by atoms with Crippen LogP contribution in [-0.4, -0.2) is 7.11 Å². The fraction of sp³-hybridized carbons (Fsp3) is 0.561. The Morgan fingerprint density at radius 1 is 0.500 bits per heavy atom. The summed E-state index contributed by atoms with van der Waals surface area (Å²) < 4.78 is 5.18. The normalized spacial score (nSPS) is 12.9. The molecule has 0 spiro atoms. The monoisotopic (exact) mass is 568 g/mol. The Morgan fingerprint density at radius 3 is 1.38 bits per heavy atom. The first kappa shape index (κ1) is 34.0. The SMILES string of the molecule is CCCCCCCCC1(CCCCCCCC)c2cc(C)ccc2-c2ccc(C)cc21.COc1cc(C)c(C)cc1C. The summed E-state index contributed by atoms with van der Waals surface area (Å²) in [5.41, 5.74) is 13.2. The number of benzene rings is 3. The minimum atomic E-state index is 0.234. The zero-order valence-corrected chi connectivity index (χ0v) is 28.4. The Hall–Kier alpha value is -2.54. The van der Waals surface area contributed by atoms with Crippen molar-refractivity contribution in [3.8, 4) is 16.9 Å². The van der Waals surface area contributed by atoms with Crippen molar-refractivity contribution in [1.29, 1.82) is 0 Å². The van der Waals surface area contributed by atoms with Crippen LogP contribution in [0.4, 0.5) is 0 Å². The molecule has 42 heavy (non-hydrogen) atoms. The van der Waals surface area contributed by atoms with E-state index in [-0.39, 0.29) is 5.41 Å². The first-order chi connectivity index (χ1) is 20.3. The third-order valence-corrected chi connectivity index (χ3v) is 9.60. The van der Waals surface area contributed by atoms with Crippen LogP contribution in [0.3, 0.4) is 0 Å². The number of rotatable bonds is 15. The van der Waals surface area contributed by atoms with Crippen LogP contribution in [0.1, 0.15) is 143 Å². The van der Waals surface area contributed by atoms with Crippen molar-refractivity contribution >= 4 is 0 Å². The maximum Gasteiger partial charge on any atom is 0.122 e. The molecule has 0 aliphatic heterocycles. The van der Waals surface area contributed by atoms with Gasteiger partial charge in [0.2, 0.25) is 0 Å². The number of ether oxygens (including phenoxy) is 1. The molecule has 0 unspecified atom stereocenters. The van der Waals surface area contributed by atoms with Crippen molar-refractivity contribution in [3.63, 3.8) is 0 Å². The third kappa shape index (κ3) is 8.75. The van der Waals surface area contributed by atoms with Crippen molar-refractivity contribution in [2.75, 3.05) is 7.11 Å². The number of fused-ring (bicyclic) bond motifs is 3. The zero-order valence-electron chi connectivity index (χ0n) is 28.4. The van der Waals surface area contributed by atoms with Crippen molar-refractivity contribution in [2.24, 2.45) is 0 Å². The number of methoxy groups -OCH3 is 1. The molecule has 0 atom stereocenters. The van der Waals surface area contributed by atoms with Gasteiger partial charge in [-0.3, -0.25) is 0 Å². The summed E-state index contributed by atoms with van der Waals surface area (Å²) in [5, 5.41) is 0. The molecule has 0 saturated carbocycles. The molecule has 3 aromatic carbocycles. The third-order valence-electron chi connectivity index (χ3n) is 9.60. The highest BCUT2D eigenvalue weighted by Gasteiger charge is 2.42. The molecule has 0 radical (unpaired) electrons. The van der Waals surface area contributed by atoms with E-state index < -0.39 is 0 Å². The lowest BCUT2D eigenvalue weighted by Crippen LogP contribution is -2.25. The van der Waals surface area contributed by atoms with Gasteiger partial charge in [-0.25, -0.2) is 0 Å². The molecule has 230 valence electrons. The van der Waals surface area contributed by atoms with Gasteiger partial charge in [0.05, 0.1) is 7.11 Å². The Morgan fingerprint density at radius 2 is 0.929 bits per heavy atom. The fourth-order valence-corrected chi connectivity index (χ4v) is 6.95. The van der Waals surface area contributed by atoms with Crippen LogP contribution in [-0.2, 0) is 5.41 Å². The fourth-order valence-electron chi connectivity index (χ4n) is 6.95. The zero-order chi connectivity index (χ0) is 30.5. The predicted molar refractivity (Wildman–Crippen MR) is 185 cm³/mol. The van der Waals surface area contributed by atoms with Crippen LogP contribution in [0.2, 0.25) is 0 Å². The average molecular weight is 569 g/mol. The van der Waals surface area contributed by atoms with E-state index in [0.29, 0.717) is 0 Å². The molecule has 1 aliphatic carbocycles. The van der Waals surface area contributed by atoms with E-state index in [4.69, 9.17) is 4.74 Å². The van der Waals surface area contributed by atoms with E-state index in [0.717, 1.165) is 5.75 Å². The molecule has 1 heteroatoms. The molecular weight excluding hydrogens is 508 g/mol. The van der Waals surface area contributed by atoms with E-state index in [1.807, 2.05) is 0 Å². The van der Waals surface area contributed by atoms with E-state index in [9.17, 15) is 0 Å². The Kier molecular flexibility index (Phi) is 13.7. The van der Waals surface area contributed by atoms with Crippen LogP contribution in [0, 0.1) is 34.6 Å². The summed E-state index contributed by atoms with van der Waals surface area (Å²) in [5.74, 6) is 0.980. The van der Waals surface area contributed by atoms with Gasteiger partial charge in [-0.2, -0.15) is 0 Å². The molecule has 3 aromatic rings. The van der Waals surface area contributed by atoms with Crippen LogP contribution < -0.4 is 4.74 Å². The second-order valence-corrected chi connectivity index (χ2v) is 13.1. The van der Waals surface area contributed by atoms with E-state index >= 15 is 0 Å². The van der Waals surface area contributed by atoms with Gasteiger partial charge in [-0.05, 0) is 92.5 Å². The smallest absolute Gasteiger partial charge is 0.122 e. The Bertz CT molecular complexity index is 1180. The quantitative estimate of drug-likeness (QED) is 0.166. The molecule has 0 heterocycles. The molecule has 0 N–H and O–H groups in total. The first-order valence-electron chi connectivity index (χ1n) is 17.1. The lowest BCUT2D eigenvalue weighted by atomic mass is 9.70. The maximum atomic E-state index is 5.18. The molecule has 0 fully saturated rings. The average Bonchev–Trinajstić information content (AvgIpc) is 3.23. The van der Waals surface area contributed by atoms with Gasteiger partial charge < -0.3 is 4.74 Å². The highest BCUT2D eigenvalue weighted by molar-refractivity contribution is 5.81. The summed E-state index contributed by atoms with van der Waals surface area (Å²) in [6.45, 7) is 15.4. The second-order valence-electron chi connectivity index (χ2n) is 13.1. The second kappa shape index (κ2) is 16.9. The van der Waals surface area contributed by atoms with Gasteiger partial charge in [0, 0.05) is 5.41 Å². The van der Waals surface area contributed by atoms with Crippen molar-refractivity contribution in [2.45, 2.75) is 144 Å². The number of aryl methyl sites for hydroxylation is 5. The summed E-state index contributed by atoms with van der Waals surface area (Å²) in [7, 11) is 1.71. The molecule has 0 amide bonds. The van der Waals surface area contributed by atoms with Crippen molar-refractivity contribution < 1.29 is 4.74 Å². The molecule has 0 aromatic heterocycles. The van der Waals surface area contributed by atoms with Crippen LogP contribution in [0.5, 0.6) is 5.75 Å².